The number of nitrogens with zero attached hydrogens (tertiary/aromatic N) is 3. The van der Waals surface area contributed by atoms with Crippen molar-refractivity contribution in [2.75, 3.05) is 13.1 Å². The van der Waals surface area contributed by atoms with E-state index < -0.39 is 0 Å². The molecule has 112 valence electrons. The van der Waals surface area contributed by atoms with Crippen LogP contribution in [0.15, 0.2) is 29.0 Å². The van der Waals surface area contributed by atoms with E-state index in [1.165, 1.54) is 0 Å². The lowest BCUT2D eigenvalue weighted by atomic mass is 10.1. The van der Waals surface area contributed by atoms with Crippen molar-refractivity contribution in [1.82, 2.24) is 25.6 Å². The third-order valence-electron chi connectivity index (χ3n) is 3.74. The Kier molecular flexibility index (Phi) is 4.01. The number of rotatable bonds is 4. The van der Waals surface area contributed by atoms with Gasteiger partial charge in [0.1, 0.15) is 5.76 Å². The molecule has 1 aliphatic rings. The highest BCUT2D eigenvalue weighted by Gasteiger charge is 2.20. The van der Waals surface area contributed by atoms with Crippen LogP contribution in [0.5, 0.6) is 0 Å². The van der Waals surface area contributed by atoms with Crippen molar-refractivity contribution >= 4 is 5.91 Å². The first-order valence-corrected chi connectivity index (χ1v) is 7.21. The van der Waals surface area contributed by atoms with Crippen molar-refractivity contribution in [2.24, 2.45) is 0 Å². The highest BCUT2D eigenvalue weighted by atomic mass is 16.3. The summed E-state index contributed by atoms with van der Waals surface area (Å²) in [6, 6.07) is 3.75. The topological polar surface area (TPSA) is 85.0 Å². The number of aromatic nitrogens is 3. The van der Waals surface area contributed by atoms with Gasteiger partial charge in [-0.2, -0.15) is 0 Å². The number of piperidine rings is 1. The van der Waals surface area contributed by atoms with Crippen LogP contribution in [0, 0.1) is 0 Å². The van der Waals surface area contributed by atoms with E-state index in [9.17, 15) is 4.79 Å². The lowest BCUT2D eigenvalue weighted by molar-refractivity contribution is 0.0930. The lowest BCUT2D eigenvalue weighted by Crippen LogP contribution is -2.29. The zero-order valence-corrected chi connectivity index (χ0v) is 12.0. The van der Waals surface area contributed by atoms with E-state index in [0.717, 1.165) is 25.9 Å². The average molecular weight is 289 g/mol. The molecule has 0 aliphatic carbocycles. The molecule has 0 radical (unpaired) electrons. The number of hydrogen-bond acceptors (Lipinski definition) is 5. The van der Waals surface area contributed by atoms with Crippen LogP contribution in [-0.2, 0) is 0 Å². The summed E-state index contributed by atoms with van der Waals surface area (Å²) in [7, 11) is 0. The minimum absolute atomic E-state index is 0.198. The number of carbonyl (C=O) groups is 1. The second-order valence-corrected chi connectivity index (χ2v) is 5.28. The Balaban J connectivity index is 1.63. The predicted molar refractivity (Wildman–Crippen MR) is 75.8 cm³/mol. The van der Waals surface area contributed by atoms with Crippen molar-refractivity contribution in [2.45, 2.75) is 31.8 Å². The summed E-state index contributed by atoms with van der Waals surface area (Å²) in [6.07, 6.45) is 5.33. The Labute approximate surface area is 122 Å². The molecule has 2 aromatic rings. The Morgan fingerprint density at radius 2 is 2.33 bits per heavy atom. The summed E-state index contributed by atoms with van der Waals surface area (Å²) in [4.78, 5) is 12.2. The minimum atomic E-state index is -0.237. The monoisotopic (exact) mass is 289 g/mol. The smallest absolute Gasteiger partial charge is 0.274 e. The molecule has 0 bridgehead atoms. The minimum Gasteiger partial charge on any atom is -0.467 e. The van der Waals surface area contributed by atoms with E-state index in [1.807, 2.05) is 13.0 Å². The Bertz CT molecular complexity index is 586. The molecule has 0 saturated carbocycles. The highest BCUT2D eigenvalue weighted by Crippen LogP contribution is 2.17. The molecule has 0 aromatic carbocycles. The van der Waals surface area contributed by atoms with Gasteiger partial charge in [0.2, 0.25) is 0 Å². The standard InChI is InChI=1S/C14H19N5O2/c1-10(13-3-2-8-21-13)16-14(20)12-9-19(18-17-12)11-4-6-15-7-5-11/h2-3,8-11,15H,4-7H2,1H3,(H,16,20)/t10-/m0/s1. The van der Waals surface area contributed by atoms with E-state index in [4.69, 9.17) is 4.42 Å². The maximum atomic E-state index is 12.2. The SMILES string of the molecule is C[C@H](NC(=O)c1cn(C2CCNCC2)nn1)c1ccco1. The molecular formula is C14H19N5O2. The van der Waals surface area contributed by atoms with Crippen LogP contribution in [0.4, 0.5) is 0 Å². The molecule has 1 fully saturated rings. The number of carbonyl (C=O) groups excluding carboxylic acids is 1. The molecule has 21 heavy (non-hydrogen) atoms. The molecule has 2 aromatic heterocycles. The fourth-order valence-electron chi connectivity index (χ4n) is 2.51. The molecule has 7 heteroatoms. The van der Waals surface area contributed by atoms with E-state index >= 15 is 0 Å². The van der Waals surface area contributed by atoms with Gasteiger partial charge in [0, 0.05) is 0 Å². The number of amides is 1. The van der Waals surface area contributed by atoms with Crippen molar-refractivity contribution in [1.29, 1.82) is 0 Å². The zero-order chi connectivity index (χ0) is 14.7. The first-order chi connectivity index (χ1) is 10.2. The lowest BCUT2D eigenvalue weighted by Gasteiger charge is -2.22. The van der Waals surface area contributed by atoms with Crippen LogP contribution in [-0.4, -0.2) is 34.0 Å². The molecule has 0 unspecified atom stereocenters. The molecule has 1 amide bonds. The van der Waals surface area contributed by atoms with E-state index in [0.29, 0.717) is 17.5 Å². The first kappa shape index (κ1) is 13.8. The molecule has 0 spiro atoms. The zero-order valence-electron chi connectivity index (χ0n) is 12.0. The molecule has 3 rings (SSSR count). The van der Waals surface area contributed by atoms with Gasteiger partial charge in [-0.25, -0.2) is 4.68 Å². The normalized spacial score (nSPS) is 17.6. The summed E-state index contributed by atoms with van der Waals surface area (Å²) < 4.78 is 7.07. The van der Waals surface area contributed by atoms with Crippen LogP contribution in [0.1, 0.15) is 48.1 Å². The van der Waals surface area contributed by atoms with Gasteiger partial charge in [0.25, 0.3) is 5.91 Å². The Morgan fingerprint density at radius 1 is 1.52 bits per heavy atom. The van der Waals surface area contributed by atoms with Gasteiger partial charge in [-0.1, -0.05) is 5.21 Å². The van der Waals surface area contributed by atoms with Gasteiger partial charge >= 0.3 is 0 Å². The number of furan rings is 1. The third-order valence-corrected chi connectivity index (χ3v) is 3.74. The summed E-state index contributed by atoms with van der Waals surface area (Å²) in [6.45, 7) is 3.82. The van der Waals surface area contributed by atoms with Crippen LogP contribution in [0.2, 0.25) is 0 Å². The molecule has 3 heterocycles. The summed E-state index contributed by atoms with van der Waals surface area (Å²) >= 11 is 0. The van der Waals surface area contributed by atoms with Crippen molar-refractivity contribution in [3.05, 3.63) is 36.0 Å². The van der Waals surface area contributed by atoms with Gasteiger partial charge in [-0.3, -0.25) is 4.79 Å². The summed E-state index contributed by atoms with van der Waals surface area (Å²) in [5.74, 6) is 0.480. The van der Waals surface area contributed by atoms with E-state index in [-0.39, 0.29) is 11.9 Å². The molecule has 7 nitrogen and oxygen atoms in total. The Hall–Kier alpha value is -2.15. The maximum absolute atomic E-state index is 12.2. The highest BCUT2D eigenvalue weighted by molar-refractivity contribution is 5.92. The van der Waals surface area contributed by atoms with Crippen molar-refractivity contribution < 1.29 is 9.21 Å². The van der Waals surface area contributed by atoms with Crippen LogP contribution < -0.4 is 10.6 Å². The third kappa shape index (κ3) is 3.13. The summed E-state index contributed by atoms with van der Waals surface area (Å²) in [5.41, 5.74) is 0.340. The molecule has 1 saturated heterocycles. The van der Waals surface area contributed by atoms with Gasteiger partial charge < -0.3 is 15.1 Å². The average Bonchev–Trinajstić information content (AvgIpc) is 3.20. The largest absolute Gasteiger partial charge is 0.467 e. The maximum Gasteiger partial charge on any atom is 0.274 e. The van der Waals surface area contributed by atoms with Crippen molar-refractivity contribution in [3.63, 3.8) is 0 Å². The van der Waals surface area contributed by atoms with E-state index in [2.05, 4.69) is 20.9 Å². The molecule has 1 atom stereocenters. The van der Waals surface area contributed by atoms with Gasteiger partial charge in [0.05, 0.1) is 24.5 Å². The number of nitrogens with one attached hydrogen (secondary N) is 2. The van der Waals surface area contributed by atoms with Crippen molar-refractivity contribution in [3.8, 4) is 0 Å². The van der Waals surface area contributed by atoms with Crippen LogP contribution in [0.3, 0.4) is 0 Å². The fourth-order valence-corrected chi connectivity index (χ4v) is 2.51. The van der Waals surface area contributed by atoms with E-state index in [1.54, 1.807) is 23.2 Å². The fraction of sp³-hybridized carbons (Fsp3) is 0.500. The molecule has 1 aliphatic heterocycles. The quantitative estimate of drug-likeness (QED) is 0.886. The first-order valence-electron chi connectivity index (χ1n) is 7.21. The van der Waals surface area contributed by atoms with Gasteiger partial charge in [-0.05, 0) is 45.0 Å². The van der Waals surface area contributed by atoms with Crippen LogP contribution >= 0.6 is 0 Å². The second kappa shape index (κ2) is 6.09. The molecule has 2 N–H and O–H groups in total. The van der Waals surface area contributed by atoms with Gasteiger partial charge in [0.15, 0.2) is 5.69 Å². The molecular weight excluding hydrogens is 270 g/mol. The van der Waals surface area contributed by atoms with Crippen LogP contribution in [0.25, 0.3) is 0 Å². The number of hydrogen-bond donors (Lipinski definition) is 2. The summed E-state index contributed by atoms with van der Waals surface area (Å²) in [5, 5.41) is 14.2. The van der Waals surface area contributed by atoms with Gasteiger partial charge in [-0.15, -0.1) is 5.10 Å². The Morgan fingerprint density at radius 3 is 3.05 bits per heavy atom. The predicted octanol–water partition coefficient (Wildman–Crippen LogP) is 1.29. The second-order valence-electron chi connectivity index (χ2n) is 5.28.